The van der Waals surface area contributed by atoms with E-state index in [4.69, 9.17) is 4.42 Å². The van der Waals surface area contributed by atoms with Gasteiger partial charge in [0.2, 0.25) is 0 Å². The van der Waals surface area contributed by atoms with Gasteiger partial charge in [0.1, 0.15) is 5.76 Å². The van der Waals surface area contributed by atoms with Crippen LogP contribution < -0.4 is 5.32 Å². The molecular formula is C14H14BrNO2. The molecule has 0 spiro atoms. The number of anilines is 1. The van der Waals surface area contributed by atoms with Crippen LogP contribution in [0.5, 0.6) is 0 Å². The summed E-state index contributed by atoms with van der Waals surface area (Å²) < 4.78 is 6.17. The lowest BCUT2D eigenvalue weighted by Gasteiger charge is -2.10. The summed E-state index contributed by atoms with van der Waals surface area (Å²) >= 11 is 3.46. The highest BCUT2D eigenvalue weighted by atomic mass is 79.9. The highest BCUT2D eigenvalue weighted by molar-refractivity contribution is 9.10. The Kier molecular flexibility index (Phi) is 3.57. The van der Waals surface area contributed by atoms with E-state index < -0.39 is 0 Å². The van der Waals surface area contributed by atoms with E-state index in [0.717, 1.165) is 27.0 Å². The molecule has 0 aliphatic rings. The van der Waals surface area contributed by atoms with E-state index >= 15 is 0 Å². The van der Waals surface area contributed by atoms with E-state index in [9.17, 15) is 4.79 Å². The van der Waals surface area contributed by atoms with Crippen LogP contribution in [0.2, 0.25) is 0 Å². The predicted molar refractivity (Wildman–Crippen MR) is 75.0 cm³/mol. The molecule has 1 aromatic carbocycles. The number of benzene rings is 1. The molecule has 1 heterocycles. The van der Waals surface area contributed by atoms with Crippen molar-refractivity contribution in [2.45, 2.75) is 20.8 Å². The van der Waals surface area contributed by atoms with Crippen molar-refractivity contribution in [3.8, 4) is 0 Å². The van der Waals surface area contributed by atoms with Crippen molar-refractivity contribution < 1.29 is 9.21 Å². The minimum atomic E-state index is -0.240. The van der Waals surface area contributed by atoms with E-state index in [1.165, 1.54) is 0 Å². The highest BCUT2D eigenvalue weighted by Gasteiger charge is 2.13. The summed E-state index contributed by atoms with van der Waals surface area (Å²) in [5.41, 5.74) is 2.93. The fraction of sp³-hybridized carbons (Fsp3) is 0.214. The van der Waals surface area contributed by atoms with Gasteiger partial charge in [-0.3, -0.25) is 4.79 Å². The second-order valence-corrected chi connectivity index (χ2v) is 5.16. The van der Waals surface area contributed by atoms with Crippen LogP contribution in [0.4, 0.5) is 5.69 Å². The van der Waals surface area contributed by atoms with Crippen molar-refractivity contribution in [1.29, 1.82) is 0 Å². The van der Waals surface area contributed by atoms with Crippen LogP contribution >= 0.6 is 15.9 Å². The normalized spacial score (nSPS) is 10.4. The van der Waals surface area contributed by atoms with Crippen molar-refractivity contribution in [2.24, 2.45) is 0 Å². The van der Waals surface area contributed by atoms with Gasteiger partial charge in [0, 0.05) is 4.47 Å². The minimum absolute atomic E-state index is 0.240. The SMILES string of the molecule is Cc1cc(C)c(NC(=O)c2ccc(C)o2)c(Br)c1. The molecule has 0 radical (unpaired) electrons. The van der Waals surface area contributed by atoms with Crippen LogP contribution in [-0.2, 0) is 0 Å². The number of hydrogen-bond acceptors (Lipinski definition) is 2. The first-order valence-electron chi connectivity index (χ1n) is 5.62. The summed E-state index contributed by atoms with van der Waals surface area (Å²) in [7, 11) is 0. The van der Waals surface area contributed by atoms with Gasteiger partial charge in [0.25, 0.3) is 5.91 Å². The molecule has 1 amide bonds. The number of carbonyl (C=O) groups excluding carboxylic acids is 1. The molecule has 4 heteroatoms. The van der Waals surface area contributed by atoms with Gasteiger partial charge in [-0.2, -0.15) is 0 Å². The molecule has 1 aromatic heterocycles. The lowest BCUT2D eigenvalue weighted by atomic mass is 10.1. The molecule has 0 saturated carbocycles. The molecule has 0 saturated heterocycles. The van der Waals surface area contributed by atoms with Crippen molar-refractivity contribution in [2.75, 3.05) is 5.32 Å². The first-order valence-corrected chi connectivity index (χ1v) is 6.41. The molecule has 94 valence electrons. The standard InChI is InChI=1S/C14H14BrNO2/c1-8-6-9(2)13(11(15)7-8)16-14(17)12-5-4-10(3)18-12/h4-7H,1-3H3,(H,16,17). The van der Waals surface area contributed by atoms with Gasteiger partial charge in [-0.05, 0) is 66.0 Å². The third-order valence-corrected chi connectivity index (χ3v) is 3.26. The largest absolute Gasteiger partial charge is 0.456 e. The van der Waals surface area contributed by atoms with Crippen LogP contribution in [0.3, 0.4) is 0 Å². The Morgan fingerprint density at radius 3 is 2.50 bits per heavy atom. The molecular weight excluding hydrogens is 294 g/mol. The molecule has 0 bridgehead atoms. The summed E-state index contributed by atoms with van der Waals surface area (Å²) in [5.74, 6) is 0.801. The maximum absolute atomic E-state index is 12.0. The fourth-order valence-corrected chi connectivity index (χ4v) is 2.58. The van der Waals surface area contributed by atoms with E-state index in [2.05, 4.69) is 21.2 Å². The molecule has 3 nitrogen and oxygen atoms in total. The maximum atomic E-state index is 12.0. The number of halogens is 1. The third kappa shape index (κ3) is 2.64. The quantitative estimate of drug-likeness (QED) is 0.902. The molecule has 0 fully saturated rings. The number of furan rings is 1. The van der Waals surface area contributed by atoms with Crippen LogP contribution in [-0.4, -0.2) is 5.91 Å². The van der Waals surface area contributed by atoms with Gasteiger partial charge in [-0.25, -0.2) is 0 Å². The summed E-state index contributed by atoms with van der Waals surface area (Å²) in [6.45, 7) is 5.78. The summed E-state index contributed by atoms with van der Waals surface area (Å²) in [6.07, 6.45) is 0. The lowest BCUT2D eigenvalue weighted by molar-refractivity contribution is 0.0995. The van der Waals surface area contributed by atoms with E-state index in [1.807, 2.05) is 32.9 Å². The van der Waals surface area contributed by atoms with Crippen molar-refractivity contribution >= 4 is 27.5 Å². The van der Waals surface area contributed by atoms with Crippen molar-refractivity contribution in [3.63, 3.8) is 0 Å². The zero-order chi connectivity index (χ0) is 13.3. The third-order valence-electron chi connectivity index (χ3n) is 2.63. The smallest absolute Gasteiger partial charge is 0.291 e. The topological polar surface area (TPSA) is 42.2 Å². The second kappa shape index (κ2) is 4.98. The van der Waals surface area contributed by atoms with Gasteiger partial charge >= 0.3 is 0 Å². The Morgan fingerprint density at radius 2 is 1.94 bits per heavy atom. The zero-order valence-corrected chi connectivity index (χ0v) is 12.1. The second-order valence-electron chi connectivity index (χ2n) is 4.30. The van der Waals surface area contributed by atoms with E-state index in [0.29, 0.717) is 5.76 Å². The molecule has 2 aromatic rings. The Labute approximate surface area is 114 Å². The molecule has 18 heavy (non-hydrogen) atoms. The first-order chi connectivity index (χ1) is 8.47. The summed E-state index contributed by atoms with van der Waals surface area (Å²) in [4.78, 5) is 12.0. The molecule has 0 aliphatic carbocycles. The monoisotopic (exact) mass is 307 g/mol. The van der Waals surface area contributed by atoms with Gasteiger partial charge < -0.3 is 9.73 Å². The zero-order valence-electron chi connectivity index (χ0n) is 10.5. The van der Waals surface area contributed by atoms with Crippen LogP contribution in [0.25, 0.3) is 0 Å². The Morgan fingerprint density at radius 1 is 1.22 bits per heavy atom. The van der Waals surface area contributed by atoms with Crippen LogP contribution in [0, 0.1) is 20.8 Å². The average molecular weight is 308 g/mol. The Balaban J connectivity index is 2.27. The van der Waals surface area contributed by atoms with Gasteiger partial charge in [-0.1, -0.05) is 6.07 Å². The number of hydrogen-bond donors (Lipinski definition) is 1. The fourth-order valence-electron chi connectivity index (χ4n) is 1.81. The predicted octanol–water partition coefficient (Wildman–Crippen LogP) is 4.22. The van der Waals surface area contributed by atoms with Crippen molar-refractivity contribution in [3.05, 3.63) is 51.4 Å². The molecule has 0 atom stereocenters. The summed E-state index contributed by atoms with van der Waals surface area (Å²) in [6, 6.07) is 7.43. The first kappa shape index (κ1) is 12.9. The Bertz CT molecular complexity index is 579. The number of amides is 1. The van der Waals surface area contributed by atoms with E-state index in [-0.39, 0.29) is 5.91 Å². The molecule has 0 aliphatic heterocycles. The number of nitrogens with one attached hydrogen (secondary N) is 1. The Hall–Kier alpha value is -1.55. The van der Waals surface area contributed by atoms with Gasteiger partial charge in [-0.15, -0.1) is 0 Å². The summed E-state index contributed by atoms with van der Waals surface area (Å²) in [5, 5.41) is 2.86. The molecule has 2 rings (SSSR count). The van der Waals surface area contributed by atoms with E-state index in [1.54, 1.807) is 12.1 Å². The van der Waals surface area contributed by atoms with Crippen LogP contribution in [0.15, 0.2) is 33.2 Å². The minimum Gasteiger partial charge on any atom is -0.456 e. The molecule has 1 N–H and O–H groups in total. The average Bonchev–Trinajstić information content (AvgIpc) is 2.70. The lowest BCUT2D eigenvalue weighted by Crippen LogP contribution is -2.12. The van der Waals surface area contributed by atoms with Gasteiger partial charge in [0.05, 0.1) is 5.69 Å². The van der Waals surface area contributed by atoms with Crippen molar-refractivity contribution in [1.82, 2.24) is 0 Å². The number of aryl methyl sites for hydroxylation is 3. The maximum Gasteiger partial charge on any atom is 0.291 e. The number of rotatable bonds is 2. The van der Waals surface area contributed by atoms with Crippen LogP contribution in [0.1, 0.15) is 27.4 Å². The highest BCUT2D eigenvalue weighted by Crippen LogP contribution is 2.28. The molecule has 0 unspecified atom stereocenters. The van der Waals surface area contributed by atoms with Gasteiger partial charge in [0.15, 0.2) is 5.76 Å². The number of carbonyl (C=O) groups is 1.